The summed E-state index contributed by atoms with van der Waals surface area (Å²) in [7, 11) is 1.64. The number of amides is 2. The minimum atomic E-state index is -0.0556. The summed E-state index contributed by atoms with van der Waals surface area (Å²) < 4.78 is 5.21. The summed E-state index contributed by atoms with van der Waals surface area (Å²) >= 11 is 0. The predicted octanol–water partition coefficient (Wildman–Crippen LogP) is 3.88. The predicted molar refractivity (Wildman–Crippen MR) is 110 cm³/mol. The molecule has 1 saturated heterocycles. The zero-order chi connectivity index (χ0) is 20.1. The fourth-order valence-corrected chi connectivity index (χ4v) is 3.57. The van der Waals surface area contributed by atoms with Gasteiger partial charge in [-0.25, -0.2) is 0 Å². The summed E-state index contributed by atoms with van der Waals surface area (Å²) in [4.78, 5) is 26.3. The highest BCUT2D eigenvalue weighted by Gasteiger charge is 2.22. The first kappa shape index (κ1) is 19.9. The van der Waals surface area contributed by atoms with Gasteiger partial charge in [-0.05, 0) is 47.7 Å². The molecule has 1 N–H and O–H groups in total. The third-order valence-corrected chi connectivity index (χ3v) is 5.14. The van der Waals surface area contributed by atoms with Crippen LogP contribution in [0.15, 0.2) is 48.5 Å². The van der Waals surface area contributed by atoms with Crippen molar-refractivity contribution in [2.24, 2.45) is 5.92 Å². The summed E-state index contributed by atoms with van der Waals surface area (Å²) in [5.41, 5.74) is 2.90. The highest BCUT2D eigenvalue weighted by Crippen LogP contribution is 2.25. The number of hydrogen-bond acceptors (Lipinski definition) is 3. The van der Waals surface area contributed by atoms with Crippen LogP contribution in [0.3, 0.4) is 0 Å². The lowest BCUT2D eigenvalue weighted by atomic mass is 9.95. The van der Waals surface area contributed by atoms with Gasteiger partial charge in [0.25, 0.3) is 0 Å². The Bertz CT molecular complexity index is 813. The van der Waals surface area contributed by atoms with Crippen molar-refractivity contribution in [3.63, 3.8) is 0 Å². The van der Waals surface area contributed by atoms with Gasteiger partial charge in [-0.2, -0.15) is 0 Å². The van der Waals surface area contributed by atoms with Crippen molar-refractivity contribution < 1.29 is 14.3 Å². The molecule has 0 aliphatic carbocycles. The van der Waals surface area contributed by atoms with Crippen LogP contribution < -0.4 is 15.0 Å². The van der Waals surface area contributed by atoms with Crippen LogP contribution in [0.5, 0.6) is 5.75 Å². The Hall–Kier alpha value is -2.82. The van der Waals surface area contributed by atoms with E-state index in [-0.39, 0.29) is 23.8 Å². The maximum Gasteiger partial charge on any atom is 0.227 e. The molecule has 2 aromatic carbocycles. The molecule has 1 atom stereocenters. The van der Waals surface area contributed by atoms with E-state index in [2.05, 4.69) is 19.2 Å². The molecule has 5 heteroatoms. The second-order valence-corrected chi connectivity index (χ2v) is 7.55. The lowest BCUT2D eigenvalue weighted by Gasteiger charge is -2.23. The minimum absolute atomic E-state index is 0.0143. The molecule has 1 aliphatic rings. The normalized spacial score (nSPS) is 15.0. The highest BCUT2D eigenvalue weighted by molar-refractivity contribution is 5.95. The SMILES string of the molecule is COc1ccc([C@H](NC(=O)Cc2ccc(N3CCCC3=O)cc2)C(C)C)cc1. The third kappa shape index (κ3) is 4.71. The minimum Gasteiger partial charge on any atom is -0.497 e. The maximum absolute atomic E-state index is 12.6. The van der Waals surface area contributed by atoms with Crippen LogP contribution in [-0.4, -0.2) is 25.5 Å². The molecule has 0 saturated carbocycles. The van der Waals surface area contributed by atoms with Crippen LogP contribution in [0.2, 0.25) is 0 Å². The number of ether oxygens (including phenoxy) is 1. The number of anilines is 1. The second kappa shape index (κ2) is 8.91. The van der Waals surface area contributed by atoms with Crippen molar-refractivity contribution in [1.29, 1.82) is 0 Å². The zero-order valence-corrected chi connectivity index (χ0v) is 16.8. The van der Waals surface area contributed by atoms with E-state index in [1.807, 2.05) is 53.4 Å². The maximum atomic E-state index is 12.6. The first-order chi connectivity index (χ1) is 13.5. The Kier molecular flexibility index (Phi) is 6.34. The first-order valence-corrected chi connectivity index (χ1v) is 9.80. The molecule has 3 rings (SSSR count). The molecule has 148 valence electrons. The molecule has 0 bridgehead atoms. The van der Waals surface area contributed by atoms with Crippen molar-refractivity contribution in [1.82, 2.24) is 5.32 Å². The summed E-state index contributed by atoms with van der Waals surface area (Å²) in [5.74, 6) is 1.22. The third-order valence-electron chi connectivity index (χ3n) is 5.14. The molecule has 0 aromatic heterocycles. The van der Waals surface area contributed by atoms with E-state index in [0.717, 1.165) is 35.5 Å². The quantitative estimate of drug-likeness (QED) is 0.793. The van der Waals surface area contributed by atoms with Gasteiger partial charge < -0.3 is 15.0 Å². The van der Waals surface area contributed by atoms with Gasteiger partial charge in [0.05, 0.1) is 19.6 Å². The van der Waals surface area contributed by atoms with Gasteiger partial charge in [-0.1, -0.05) is 38.1 Å². The number of carbonyl (C=O) groups is 2. The lowest BCUT2D eigenvalue weighted by Crippen LogP contribution is -2.32. The van der Waals surface area contributed by atoms with Crippen LogP contribution in [0.1, 0.15) is 43.9 Å². The number of hydrogen-bond donors (Lipinski definition) is 1. The Balaban J connectivity index is 1.63. The molecule has 1 heterocycles. The van der Waals surface area contributed by atoms with Crippen LogP contribution in [0.25, 0.3) is 0 Å². The number of nitrogens with one attached hydrogen (secondary N) is 1. The Morgan fingerprint density at radius 1 is 1.11 bits per heavy atom. The van der Waals surface area contributed by atoms with Crippen LogP contribution >= 0.6 is 0 Å². The molecule has 28 heavy (non-hydrogen) atoms. The number of rotatable bonds is 7. The second-order valence-electron chi connectivity index (χ2n) is 7.55. The number of nitrogens with zero attached hydrogens (tertiary/aromatic N) is 1. The van der Waals surface area contributed by atoms with Crippen LogP contribution in [0, 0.1) is 5.92 Å². The van der Waals surface area contributed by atoms with Gasteiger partial charge in [-0.15, -0.1) is 0 Å². The first-order valence-electron chi connectivity index (χ1n) is 9.80. The van der Waals surface area contributed by atoms with E-state index in [1.165, 1.54) is 0 Å². The van der Waals surface area contributed by atoms with Crippen LogP contribution in [-0.2, 0) is 16.0 Å². The largest absolute Gasteiger partial charge is 0.497 e. The van der Waals surface area contributed by atoms with Crippen molar-refractivity contribution in [2.75, 3.05) is 18.6 Å². The van der Waals surface area contributed by atoms with Crippen LogP contribution in [0.4, 0.5) is 5.69 Å². The van der Waals surface area contributed by atoms with E-state index < -0.39 is 0 Å². The van der Waals surface area contributed by atoms with Gasteiger partial charge in [-0.3, -0.25) is 9.59 Å². The van der Waals surface area contributed by atoms with E-state index in [4.69, 9.17) is 4.74 Å². The average Bonchev–Trinajstić information content (AvgIpc) is 3.12. The Labute approximate surface area is 166 Å². The number of methoxy groups -OCH3 is 1. The topological polar surface area (TPSA) is 58.6 Å². The molecule has 1 fully saturated rings. The highest BCUT2D eigenvalue weighted by atomic mass is 16.5. The van der Waals surface area contributed by atoms with Gasteiger partial charge in [0.1, 0.15) is 5.75 Å². The standard InChI is InChI=1S/C23H28N2O3/c1-16(2)23(18-8-12-20(28-3)13-9-18)24-21(26)15-17-6-10-19(11-7-17)25-14-4-5-22(25)27/h6-13,16,23H,4-5,14-15H2,1-3H3,(H,24,26)/t23-/m1/s1. The fraction of sp³-hybridized carbons (Fsp3) is 0.391. The van der Waals surface area contributed by atoms with Gasteiger partial charge in [0, 0.05) is 18.7 Å². The molecule has 0 spiro atoms. The van der Waals surface area contributed by atoms with Gasteiger partial charge in [0.2, 0.25) is 11.8 Å². The summed E-state index contributed by atoms with van der Waals surface area (Å²) in [6.45, 7) is 4.96. The van der Waals surface area contributed by atoms with Crippen molar-refractivity contribution in [3.8, 4) is 5.75 Å². The molecule has 0 unspecified atom stereocenters. The lowest BCUT2D eigenvalue weighted by molar-refractivity contribution is -0.121. The average molecular weight is 380 g/mol. The Morgan fingerprint density at radius 3 is 2.32 bits per heavy atom. The molecule has 1 aliphatic heterocycles. The smallest absolute Gasteiger partial charge is 0.227 e. The summed E-state index contributed by atoms with van der Waals surface area (Å²) in [6.07, 6.45) is 1.84. The molecule has 0 radical (unpaired) electrons. The summed E-state index contributed by atoms with van der Waals surface area (Å²) in [6, 6.07) is 15.5. The van der Waals surface area contributed by atoms with Gasteiger partial charge in [0.15, 0.2) is 0 Å². The fourth-order valence-electron chi connectivity index (χ4n) is 3.57. The molecule has 5 nitrogen and oxygen atoms in total. The van der Waals surface area contributed by atoms with E-state index in [9.17, 15) is 9.59 Å². The molecular formula is C23H28N2O3. The number of benzene rings is 2. The van der Waals surface area contributed by atoms with E-state index >= 15 is 0 Å². The van der Waals surface area contributed by atoms with Gasteiger partial charge >= 0.3 is 0 Å². The number of carbonyl (C=O) groups excluding carboxylic acids is 2. The van der Waals surface area contributed by atoms with Crippen molar-refractivity contribution in [2.45, 2.75) is 39.2 Å². The summed E-state index contributed by atoms with van der Waals surface area (Å²) in [5, 5.41) is 3.15. The molecular weight excluding hydrogens is 352 g/mol. The molecule has 2 aromatic rings. The Morgan fingerprint density at radius 2 is 1.79 bits per heavy atom. The monoisotopic (exact) mass is 380 g/mol. The van der Waals surface area contributed by atoms with Crippen molar-refractivity contribution >= 4 is 17.5 Å². The molecule has 2 amide bonds. The zero-order valence-electron chi connectivity index (χ0n) is 16.8. The van der Waals surface area contributed by atoms with E-state index in [1.54, 1.807) is 7.11 Å². The van der Waals surface area contributed by atoms with E-state index in [0.29, 0.717) is 12.8 Å². The van der Waals surface area contributed by atoms with Crippen molar-refractivity contribution in [3.05, 3.63) is 59.7 Å².